The zero-order valence-electron chi connectivity index (χ0n) is 5.86. The van der Waals surface area contributed by atoms with Crippen LogP contribution in [-0.4, -0.2) is 17.2 Å². The number of nitrogens with one attached hydrogen (secondary N) is 2. The summed E-state index contributed by atoms with van der Waals surface area (Å²) in [6, 6.07) is 0.924. The van der Waals surface area contributed by atoms with E-state index in [1.54, 1.807) is 0 Å². The Balaban J connectivity index is 2.55. The number of halogens is 2. The number of hydrogen-bond acceptors (Lipinski definition) is 3. The summed E-state index contributed by atoms with van der Waals surface area (Å²) in [5, 5.41) is 6.61. The molecule has 62 valence electrons. The first-order valence-electron chi connectivity index (χ1n) is 3.11. The Hall–Kier alpha value is 1.34. The third kappa shape index (κ3) is 1.93. The summed E-state index contributed by atoms with van der Waals surface area (Å²) in [7, 11) is 0. The van der Waals surface area contributed by atoms with Gasteiger partial charge in [-0.25, -0.2) is 0 Å². The third-order valence-corrected chi connectivity index (χ3v) is 4.82. The van der Waals surface area contributed by atoms with Crippen LogP contribution in [-0.2, 0) is 0 Å². The Labute approximate surface area is 85.3 Å². The molecule has 0 radical (unpaired) electrons. The summed E-state index contributed by atoms with van der Waals surface area (Å²) < 4.78 is 8.85. The predicted octanol–water partition coefficient (Wildman–Crippen LogP) is -3.00. The van der Waals surface area contributed by atoms with Crippen LogP contribution < -0.4 is 32.3 Å². The molecular formula is C5H11I2N2O-. The van der Waals surface area contributed by atoms with Gasteiger partial charge < -0.3 is 0 Å². The van der Waals surface area contributed by atoms with Crippen LogP contribution in [0, 0.1) is 0 Å². The maximum atomic E-state index is 9.04. The van der Waals surface area contributed by atoms with Crippen molar-refractivity contribution in [3.63, 3.8) is 0 Å². The molecule has 0 aromatic rings. The third-order valence-electron chi connectivity index (χ3n) is 1.68. The molecule has 0 bridgehead atoms. The van der Waals surface area contributed by atoms with Crippen molar-refractivity contribution in [2.75, 3.05) is 0 Å². The van der Waals surface area contributed by atoms with Crippen molar-refractivity contribution >= 4 is 22.6 Å². The van der Waals surface area contributed by atoms with Crippen molar-refractivity contribution in [1.82, 2.24) is 10.6 Å². The van der Waals surface area contributed by atoms with E-state index < -0.39 is 21.6 Å². The van der Waals surface area contributed by atoms with Gasteiger partial charge in [0, 0.05) is 0 Å². The van der Waals surface area contributed by atoms with Gasteiger partial charge in [0.05, 0.1) is 0 Å². The molecule has 2 unspecified atom stereocenters. The molecule has 0 aromatic carbocycles. The average Bonchev–Trinajstić information content (AvgIpc) is 2.10. The fourth-order valence-electron chi connectivity index (χ4n) is 0.912. The molecule has 0 saturated carbocycles. The fourth-order valence-corrected chi connectivity index (χ4v) is 3.16. The van der Waals surface area contributed by atoms with E-state index in [1.807, 2.05) is 0 Å². The van der Waals surface area contributed by atoms with E-state index in [9.17, 15) is 0 Å². The van der Waals surface area contributed by atoms with Crippen molar-refractivity contribution in [3.8, 4) is 0 Å². The summed E-state index contributed by atoms with van der Waals surface area (Å²) in [4.78, 5) is 0. The molecule has 1 rings (SSSR count). The van der Waals surface area contributed by atoms with Gasteiger partial charge in [-0.1, -0.05) is 0 Å². The van der Waals surface area contributed by atoms with Gasteiger partial charge in [0.15, 0.2) is 0 Å². The minimum atomic E-state index is -0.770. The van der Waals surface area contributed by atoms with Gasteiger partial charge in [0.1, 0.15) is 0 Å². The van der Waals surface area contributed by atoms with E-state index in [2.05, 4.69) is 47.1 Å². The van der Waals surface area contributed by atoms with Gasteiger partial charge in [-0.05, 0) is 0 Å². The molecule has 0 spiro atoms. The SMILES string of the molecule is CC1NC(I)([I-]O)NC1C. The van der Waals surface area contributed by atoms with Crippen molar-refractivity contribution < 1.29 is 25.1 Å². The summed E-state index contributed by atoms with van der Waals surface area (Å²) in [5.74, 6) is 0. The molecule has 1 aliphatic heterocycles. The first kappa shape index (κ1) is 9.43. The molecule has 1 heterocycles. The Kier molecular flexibility index (Phi) is 3.19. The monoisotopic (exact) mass is 369 g/mol. The molecule has 1 fully saturated rings. The quantitative estimate of drug-likeness (QED) is 0.262. The van der Waals surface area contributed by atoms with Crippen molar-refractivity contribution in [1.29, 1.82) is 0 Å². The van der Waals surface area contributed by atoms with Crippen LogP contribution in [0.15, 0.2) is 0 Å². The van der Waals surface area contributed by atoms with E-state index in [1.165, 1.54) is 0 Å². The second-order valence-corrected chi connectivity index (χ2v) is 8.31. The van der Waals surface area contributed by atoms with Crippen molar-refractivity contribution in [2.45, 2.75) is 27.6 Å². The fraction of sp³-hybridized carbons (Fsp3) is 1.00. The number of alkyl halides is 2. The molecule has 1 aliphatic rings. The molecular weight excluding hydrogens is 358 g/mol. The molecule has 3 nitrogen and oxygen atoms in total. The van der Waals surface area contributed by atoms with Crippen molar-refractivity contribution in [3.05, 3.63) is 0 Å². The Morgan fingerprint density at radius 3 is 2.00 bits per heavy atom. The predicted molar refractivity (Wildman–Crippen MR) is 44.2 cm³/mol. The molecule has 0 aliphatic carbocycles. The zero-order chi connectivity index (χ0) is 7.78. The standard InChI is InChI=1S/C5H11I2N2O/c1-3-4(2)9-5(6,7-10)8-3/h3-4,8-10H,1-2H3/q-1. The molecule has 0 aromatic heterocycles. The van der Waals surface area contributed by atoms with Crippen LogP contribution in [0.4, 0.5) is 0 Å². The van der Waals surface area contributed by atoms with Crippen LogP contribution in [0.1, 0.15) is 13.8 Å². The van der Waals surface area contributed by atoms with Gasteiger partial charge in [-0.15, -0.1) is 0 Å². The van der Waals surface area contributed by atoms with Gasteiger partial charge in [0.25, 0.3) is 0 Å². The van der Waals surface area contributed by atoms with Crippen LogP contribution in [0.2, 0.25) is 0 Å². The van der Waals surface area contributed by atoms with Crippen molar-refractivity contribution in [2.24, 2.45) is 0 Å². The average molecular weight is 369 g/mol. The van der Waals surface area contributed by atoms with E-state index >= 15 is 0 Å². The Morgan fingerprint density at radius 1 is 1.40 bits per heavy atom. The van der Waals surface area contributed by atoms with Gasteiger partial charge >= 0.3 is 85.9 Å². The summed E-state index contributed by atoms with van der Waals surface area (Å²) in [6.45, 7) is 4.24. The molecule has 5 heteroatoms. The minimum absolute atomic E-state index is 0.185. The first-order valence-corrected chi connectivity index (χ1v) is 6.23. The molecule has 3 N–H and O–H groups in total. The first-order chi connectivity index (χ1) is 4.57. The molecule has 0 amide bonds. The zero-order valence-corrected chi connectivity index (χ0v) is 10.2. The maximum absolute atomic E-state index is 9.04. The van der Waals surface area contributed by atoms with E-state index in [0.717, 1.165) is 0 Å². The molecule has 2 atom stereocenters. The van der Waals surface area contributed by atoms with E-state index in [-0.39, 0.29) is 1.68 Å². The molecule has 1 saturated heterocycles. The second kappa shape index (κ2) is 3.38. The van der Waals surface area contributed by atoms with Gasteiger partial charge in [0.2, 0.25) is 0 Å². The van der Waals surface area contributed by atoms with Crippen LogP contribution >= 0.6 is 22.6 Å². The number of hydrogen-bond donors (Lipinski definition) is 3. The van der Waals surface area contributed by atoms with Crippen LogP contribution in [0.5, 0.6) is 0 Å². The summed E-state index contributed by atoms with van der Waals surface area (Å²) >= 11 is 1.47. The van der Waals surface area contributed by atoms with Crippen LogP contribution in [0.25, 0.3) is 0 Å². The van der Waals surface area contributed by atoms with Gasteiger partial charge in [-0.3, -0.25) is 0 Å². The topological polar surface area (TPSA) is 44.3 Å². The van der Waals surface area contributed by atoms with E-state index in [0.29, 0.717) is 12.1 Å². The number of rotatable bonds is 1. The Bertz CT molecular complexity index is 123. The Morgan fingerprint density at radius 2 is 1.80 bits per heavy atom. The summed E-state index contributed by atoms with van der Waals surface area (Å²) in [5.41, 5.74) is 0. The van der Waals surface area contributed by atoms with Gasteiger partial charge in [-0.2, -0.15) is 0 Å². The second-order valence-electron chi connectivity index (χ2n) is 2.52. The van der Waals surface area contributed by atoms with E-state index in [4.69, 9.17) is 3.44 Å². The normalized spacial score (nSPS) is 48.4. The molecule has 10 heavy (non-hydrogen) atoms. The summed E-state index contributed by atoms with van der Waals surface area (Å²) in [6.07, 6.45) is 0. The van der Waals surface area contributed by atoms with Crippen LogP contribution in [0.3, 0.4) is 0 Å².